The first-order valence-electron chi connectivity index (χ1n) is 13.0. The van der Waals surface area contributed by atoms with Gasteiger partial charge in [-0.1, -0.05) is 43.8 Å². The molecule has 0 saturated carbocycles. The lowest BCUT2D eigenvalue weighted by atomic mass is 9.81. The molecule has 1 fully saturated rings. The van der Waals surface area contributed by atoms with Crippen molar-refractivity contribution in [2.45, 2.75) is 26.3 Å². The maximum atomic E-state index is 15.7. The minimum absolute atomic E-state index is 0.148. The smallest absolute Gasteiger partial charge is 0.257 e. The molecule has 2 aromatic carbocycles. The average Bonchev–Trinajstić information content (AvgIpc) is 3.34. The summed E-state index contributed by atoms with van der Waals surface area (Å²) >= 11 is 1.40. The summed E-state index contributed by atoms with van der Waals surface area (Å²) in [6.45, 7) is 6.76. The quantitative estimate of drug-likeness (QED) is 0.431. The second kappa shape index (κ2) is 11.4. The summed E-state index contributed by atoms with van der Waals surface area (Å²) in [6.07, 6.45) is 0. The van der Waals surface area contributed by atoms with Gasteiger partial charge in [0.25, 0.3) is 11.8 Å². The molecule has 11 heteroatoms. The Bertz CT molecular complexity index is 1440. The monoisotopic (exact) mass is 567 g/mol. The first-order valence-corrected chi connectivity index (χ1v) is 14.0. The summed E-state index contributed by atoms with van der Waals surface area (Å²) in [5.41, 5.74) is -0.0776. The standard InChI is InChI=1S/C29H31F2N5O3S/c1-17(2)14-39-21-10-11-23(30)22(12-21)29-16-36(27-32-18(3)24(31)26(34-27)38-4)13-20(29)15-40-28(35-29)33-25(37)19-8-6-5-7-9-19/h5-12,17,20H,13-16H2,1-4H3,(H,33,35,37). The molecule has 2 aliphatic rings. The molecule has 1 N–H and O–H groups in total. The number of amides is 1. The summed E-state index contributed by atoms with van der Waals surface area (Å²) in [4.78, 5) is 28.5. The molecule has 8 nitrogen and oxygen atoms in total. The van der Waals surface area contributed by atoms with E-state index in [-0.39, 0.29) is 35.9 Å². The van der Waals surface area contributed by atoms with Gasteiger partial charge in [-0.15, -0.1) is 0 Å². The molecule has 1 amide bonds. The van der Waals surface area contributed by atoms with Gasteiger partial charge in [0.15, 0.2) is 5.17 Å². The second-order valence-electron chi connectivity index (χ2n) is 10.3. The number of amidine groups is 1. The normalized spacial score (nSPS) is 20.2. The van der Waals surface area contributed by atoms with E-state index in [9.17, 15) is 9.18 Å². The van der Waals surface area contributed by atoms with Crippen LogP contribution in [0.25, 0.3) is 0 Å². The van der Waals surface area contributed by atoms with E-state index in [1.165, 1.54) is 24.9 Å². The van der Waals surface area contributed by atoms with E-state index in [0.717, 1.165) is 0 Å². The van der Waals surface area contributed by atoms with Crippen molar-refractivity contribution in [3.63, 3.8) is 0 Å². The number of aromatic nitrogens is 2. The number of anilines is 1. The fraction of sp³-hybridized carbons (Fsp3) is 0.379. The lowest BCUT2D eigenvalue weighted by Crippen LogP contribution is -2.43. The molecule has 1 saturated heterocycles. The van der Waals surface area contributed by atoms with Crippen molar-refractivity contribution in [3.05, 3.63) is 77.0 Å². The first kappa shape index (κ1) is 27.8. The molecular weight excluding hydrogens is 536 g/mol. The fourth-order valence-corrected chi connectivity index (χ4v) is 6.07. The molecule has 0 spiro atoms. The van der Waals surface area contributed by atoms with E-state index >= 15 is 4.39 Å². The lowest BCUT2D eigenvalue weighted by molar-refractivity contribution is 0.0977. The lowest BCUT2D eigenvalue weighted by Gasteiger charge is -2.35. The highest BCUT2D eigenvalue weighted by Crippen LogP contribution is 2.48. The zero-order valence-electron chi connectivity index (χ0n) is 22.8. The topological polar surface area (TPSA) is 88.9 Å². The number of aryl methyl sites for hydroxylation is 1. The molecule has 5 rings (SSSR count). The van der Waals surface area contributed by atoms with Gasteiger partial charge in [0.2, 0.25) is 11.8 Å². The van der Waals surface area contributed by atoms with Crippen LogP contribution < -0.4 is 19.7 Å². The highest BCUT2D eigenvalue weighted by atomic mass is 32.2. The van der Waals surface area contributed by atoms with Crippen LogP contribution in [0.1, 0.15) is 35.5 Å². The number of nitrogens with zero attached hydrogens (tertiary/aromatic N) is 4. The Balaban J connectivity index is 1.56. The van der Waals surface area contributed by atoms with E-state index in [1.54, 1.807) is 43.3 Å². The highest BCUT2D eigenvalue weighted by Gasteiger charge is 2.52. The largest absolute Gasteiger partial charge is 0.493 e. The Morgan fingerprint density at radius 2 is 1.98 bits per heavy atom. The zero-order valence-corrected chi connectivity index (χ0v) is 23.6. The third kappa shape index (κ3) is 5.47. The fourth-order valence-electron chi connectivity index (χ4n) is 4.94. The molecule has 0 bridgehead atoms. The van der Waals surface area contributed by atoms with Crippen LogP contribution in [0.5, 0.6) is 11.6 Å². The van der Waals surface area contributed by atoms with Gasteiger partial charge >= 0.3 is 0 Å². The van der Waals surface area contributed by atoms with Crippen LogP contribution in [0.3, 0.4) is 0 Å². The van der Waals surface area contributed by atoms with Crippen LogP contribution in [0.15, 0.2) is 53.5 Å². The van der Waals surface area contributed by atoms with Crippen LogP contribution in [-0.2, 0) is 5.54 Å². The van der Waals surface area contributed by atoms with Crippen LogP contribution >= 0.6 is 11.8 Å². The number of rotatable bonds is 7. The Labute approximate surface area is 236 Å². The maximum absolute atomic E-state index is 15.7. The van der Waals surface area contributed by atoms with Crippen molar-refractivity contribution in [3.8, 4) is 11.6 Å². The number of aliphatic imine (C=N–C) groups is 1. The first-order chi connectivity index (χ1) is 19.2. The number of hydrogen-bond acceptors (Lipinski definition) is 8. The molecule has 3 aromatic rings. The molecule has 0 radical (unpaired) electrons. The molecule has 40 heavy (non-hydrogen) atoms. The molecule has 1 aromatic heterocycles. The number of fused-ring (bicyclic) bond motifs is 1. The predicted octanol–water partition coefficient (Wildman–Crippen LogP) is 4.97. The Kier molecular flexibility index (Phi) is 7.93. The van der Waals surface area contributed by atoms with E-state index in [1.807, 2.05) is 24.8 Å². The Morgan fingerprint density at radius 1 is 1.20 bits per heavy atom. The van der Waals surface area contributed by atoms with E-state index in [4.69, 9.17) is 14.5 Å². The van der Waals surface area contributed by atoms with Gasteiger partial charge in [-0.05, 0) is 43.2 Å². The molecule has 0 aliphatic carbocycles. The number of methoxy groups -OCH3 is 1. The van der Waals surface area contributed by atoms with Gasteiger partial charge in [-0.2, -0.15) is 9.37 Å². The maximum Gasteiger partial charge on any atom is 0.257 e. The van der Waals surface area contributed by atoms with Crippen LogP contribution in [0, 0.1) is 30.4 Å². The molecule has 2 atom stereocenters. The summed E-state index contributed by atoms with van der Waals surface area (Å²) in [7, 11) is 1.35. The van der Waals surface area contributed by atoms with Crippen LogP contribution in [0.4, 0.5) is 14.7 Å². The van der Waals surface area contributed by atoms with Gasteiger partial charge in [-0.25, -0.2) is 14.4 Å². The molecule has 3 heterocycles. The summed E-state index contributed by atoms with van der Waals surface area (Å²) in [6, 6.07) is 13.5. The van der Waals surface area contributed by atoms with Crippen molar-refractivity contribution in [1.82, 2.24) is 15.3 Å². The third-order valence-electron chi connectivity index (χ3n) is 6.97. The summed E-state index contributed by atoms with van der Waals surface area (Å²) in [5, 5.41) is 3.30. The molecular formula is C29H31F2N5O3S. The van der Waals surface area contributed by atoms with Gasteiger partial charge in [0.05, 0.1) is 26.0 Å². The minimum Gasteiger partial charge on any atom is -0.493 e. The van der Waals surface area contributed by atoms with Crippen molar-refractivity contribution in [2.75, 3.05) is 37.5 Å². The van der Waals surface area contributed by atoms with Gasteiger partial charge < -0.3 is 19.7 Å². The van der Waals surface area contributed by atoms with Crippen molar-refractivity contribution in [1.29, 1.82) is 0 Å². The van der Waals surface area contributed by atoms with Crippen molar-refractivity contribution in [2.24, 2.45) is 16.8 Å². The van der Waals surface area contributed by atoms with E-state index in [0.29, 0.717) is 46.9 Å². The summed E-state index contributed by atoms with van der Waals surface area (Å²) in [5.74, 6) is -0.0212. The van der Waals surface area contributed by atoms with Crippen molar-refractivity contribution >= 4 is 28.8 Å². The van der Waals surface area contributed by atoms with Crippen LogP contribution in [-0.4, -0.2) is 53.6 Å². The second-order valence-corrected chi connectivity index (χ2v) is 11.3. The van der Waals surface area contributed by atoms with Crippen molar-refractivity contribution < 1.29 is 23.0 Å². The van der Waals surface area contributed by atoms with Gasteiger partial charge in [0.1, 0.15) is 17.1 Å². The third-order valence-corrected chi connectivity index (χ3v) is 8.00. The number of hydrogen-bond donors (Lipinski definition) is 1. The number of benzene rings is 2. The van der Waals surface area contributed by atoms with Gasteiger partial charge in [0, 0.05) is 29.3 Å². The number of carbonyl (C=O) groups excluding carboxylic acids is 1. The number of ether oxygens (including phenoxy) is 2. The van der Waals surface area contributed by atoms with E-state index in [2.05, 4.69) is 15.3 Å². The molecule has 2 unspecified atom stereocenters. The molecule has 210 valence electrons. The number of nitrogens with one attached hydrogen (secondary N) is 1. The highest BCUT2D eigenvalue weighted by molar-refractivity contribution is 8.13. The number of thioether (sulfide) groups is 1. The Morgan fingerprint density at radius 3 is 2.70 bits per heavy atom. The molecule has 2 aliphatic heterocycles. The predicted molar refractivity (Wildman–Crippen MR) is 151 cm³/mol. The number of carbonyl (C=O) groups is 1. The SMILES string of the molecule is COc1nc(N2CC3CSC(NC(=O)c4ccccc4)=NC3(c3cc(OCC(C)C)ccc3F)C2)nc(C)c1F. The Hall–Kier alpha value is -3.73. The zero-order chi connectivity index (χ0) is 28.4. The van der Waals surface area contributed by atoms with Gasteiger partial charge in [-0.3, -0.25) is 4.79 Å². The number of halogens is 2. The minimum atomic E-state index is -1.08. The van der Waals surface area contributed by atoms with E-state index < -0.39 is 17.2 Å². The van der Waals surface area contributed by atoms with Crippen LogP contribution in [0.2, 0.25) is 0 Å². The summed E-state index contributed by atoms with van der Waals surface area (Å²) < 4.78 is 41.2. The average molecular weight is 568 g/mol.